The first-order valence-corrected chi connectivity index (χ1v) is 7.26. The van der Waals surface area contributed by atoms with Gasteiger partial charge in [-0.25, -0.2) is 4.39 Å². The van der Waals surface area contributed by atoms with Gasteiger partial charge in [0.1, 0.15) is 11.5 Å². The second kappa shape index (κ2) is 6.61. The highest BCUT2D eigenvalue weighted by Crippen LogP contribution is 2.32. The summed E-state index contributed by atoms with van der Waals surface area (Å²) in [6, 6.07) is 6.87. The van der Waals surface area contributed by atoms with Crippen LogP contribution >= 0.6 is 23.2 Å². The van der Waals surface area contributed by atoms with Gasteiger partial charge in [0.2, 0.25) is 0 Å². The van der Waals surface area contributed by atoms with E-state index in [2.05, 4.69) is 12.2 Å². The molecule has 0 aliphatic carbocycles. The van der Waals surface area contributed by atoms with Gasteiger partial charge in [-0.2, -0.15) is 0 Å². The number of hydrogen-bond acceptors (Lipinski definition) is 2. The average molecular weight is 316 g/mol. The highest BCUT2D eigenvalue weighted by molar-refractivity contribution is 6.35. The SMILES string of the molecule is CCCNC(C)c1ccc(-c2cc(Cl)c(F)c(Cl)c2)o1. The van der Waals surface area contributed by atoms with E-state index in [-0.39, 0.29) is 16.1 Å². The monoisotopic (exact) mass is 315 g/mol. The van der Waals surface area contributed by atoms with E-state index in [0.29, 0.717) is 11.3 Å². The van der Waals surface area contributed by atoms with Crippen LogP contribution in [-0.2, 0) is 0 Å². The predicted octanol–water partition coefficient (Wildman–Crippen LogP) is 5.45. The number of rotatable bonds is 5. The maximum Gasteiger partial charge on any atom is 0.160 e. The normalized spacial score (nSPS) is 12.7. The Morgan fingerprint density at radius 1 is 1.25 bits per heavy atom. The van der Waals surface area contributed by atoms with E-state index in [0.717, 1.165) is 18.7 Å². The molecule has 1 N–H and O–H groups in total. The van der Waals surface area contributed by atoms with Crippen molar-refractivity contribution in [2.45, 2.75) is 26.3 Å². The molecule has 0 amide bonds. The number of hydrogen-bond donors (Lipinski definition) is 1. The third-order valence-electron chi connectivity index (χ3n) is 3.02. The van der Waals surface area contributed by atoms with Crippen LogP contribution in [0.3, 0.4) is 0 Å². The van der Waals surface area contributed by atoms with Crippen LogP contribution in [-0.4, -0.2) is 6.54 Å². The van der Waals surface area contributed by atoms with E-state index in [9.17, 15) is 4.39 Å². The fourth-order valence-electron chi connectivity index (χ4n) is 1.90. The van der Waals surface area contributed by atoms with Crippen molar-refractivity contribution in [2.75, 3.05) is 6.54 Å². The smallest absolute Gasteiger partial charge is 0.160 e. The van der Waals surface area contributed by atoms with Gasteiger partial charge in [0, 0.05) is 5.56 Å². The summed E-state index contributed by atoms with van der Waals surface area (Å²) in [4.78, 5) is 0. The van der Waals surface area contributed by atoms with Crippen LogP contribution in [0.1, 0.15) is 32.1 Å². The second-order valence-electron chi connectivity index (χ2n) is 4.63. The van der Waals surface area contributed by atoms with Crippen LogP contribution in [0.4, 0.5) is 4.39 Å². The van der Waals surface area contributed by atoms with Crippen LogP contribution in [0.2, 0.25) is 10.0 Å². The fraction of sp³-hybridized carbons (Fsp3) is 0.333. The zero-order valence-corrected chi connectivity index (χ0v) is 12.9. The zero-order chi connectivity index (χ0) is 14.7. The minimum Gasteiger partial charge on any atom is -0.459 e. The van der Waals surface area contributed by atoms with Crippen molar-refractivity contribution in [1.29, 1.82) is 0 Å². The molecule has 0 aliphatic rings. The summed E-state index contributed by atoms with van der Waals surface area (Å²) in [5, 5.41) is 3.32. The molecule has 5 heteroatoms. The molecule has 20 heavy (non-hydrogen) atoms. The van der Waals surface area contributed by atoms with Crippen molar-refractivity contribution in [3.63, 3.8) is 0 Å². The molecule has 0 radical (unpaired) electrons. The summed E-state index contributed by atoms with van der Waals surface area (Å²) in [6.07, 6.45) is 1.06. The van der Waals surface area contributed by atoms with E-state index in [1.807, 2.05) is 19.1 Å². The standard InChI is InChI=1S/C15H16Cl2FNO/c1-3-6-19-9(2)13-4-5-14(20-13)10-7-11(16)15(18)12(17)8-10/h4-5,7-9,19H,3,6H2,1-2H3. The van der Waals surface area contributed by atoms with E-state index in [4.69, 9.17) is 27.6 Å². The number of benzene rings is 1. The Balaban J connectivity index is 2.24. The summed E-state index contributed by atoms with van der Waals surface area (Å²) in [5.74, 6) is 0.834. The molecular weight excluding hydrogens is 300 g/mol. The molecule has 2 aromatic rings. The Morgan fingerprint density at radius 2 is 1.90 bits per heavy atom. The highest BCUT2D eigenvalue weighted by atomic mass is 35.5. The summed E-state index contributed by atoms with van der Waals surface area (Å²) in [5.41, 5.74) is 0.662. The summed E-state index contributed by atoms with van der Waals surface area (Å²) in [6.45, 7) is 5.06. The average Bonchev–Trinajstić information content (AvgIpc) is 2.91. The van der Waals surface area contributed by atoms with Gasteiger partial charge in [0.05, 0.1) is 16.1 Å². The lowest BCUT2D eigenvalue weighted by atomic mass is 10.2. The largest absolute Gasteiger partial charge is 0.459 e. The Kier molecular flexibility index (Phi) is 5.08. The molecule has 0 saturated heterocycles. The van der Waals surface area contributed by atoms with Gasteiger partial charge in [-0.15, -0.1) is 0 Å². The number of furan rings is 1. The predicted molar refractivity (Wildman–Crippen MR) is 80.8 cm³/mol. The lowest BCUT2D eigenvalue weighted by Crippen LogP contribution is -2.18. The molecule has 0 aliphatic heterocycles. The molecule has 2 rings (SSSR count). The number of halogens is 3. The van der Waals surface area contributed by atoms with Crippen molar-refractivity contribution in [3.8, 4) is 11.3 Å². The van der Waals surface area contributed by atoms with E-state index in [1.165, 1.54) is 12.1 Å². The van der Waals surface area contributed by atoms with Crippen LogP contribution in [0.15, 0.2) is 28.7 Å². The van der Waals surface area contributed by atoms with Gasteiger partial charge in [-0.1, -0.05) is 30.1 Å². The molecule has 1 unspecified atom stereocenters. The van der Waals surface area contributed by atoms with Gasteiger partial charge in [-0.3, -0.25) is 0 Å². The Bertz CT molecular complexity index is 574. The number of nitrogens with one attached hydrogen (secondary N) is 1. The lowest BCUT2D eigenvalue weighted by Gasteiger charge is -2.10. The summed E-state index contributed by atoms with van der Waals surface area (Å²) < 4.78 is 19.2. The van der Waals surface area contributed by atoms with Crippen LogP contribution in [0, 0.1) is 5.82 Å². The zero-order valence-electron chi connectivity index (χ0n) is 11.3. The van der Waals surface area contributed by atoms with Crippen molar-refractivity contribution in [3.05, 3.63) is 45.9 Å². The van der Waals surface area contributed by atoms with E-state index in [1.54, 1.807) is 0 Å². The van der Waals surface area contributed by atoms with Crippen LogP contribution in [0.25, 0.3) is 11.3 Å². The van der Waals surface area contributed by atoms with Crippen molar-refractivity contribution >= 4 is 23.2 Å². The molecule has 2 nitrogen and oxygen atoms in total. The summed E-state index contributed by atoms with van der Waals surface area (Å²) in [7, 11) is 0. The molecule has 1 heterocycles. The third kappa shape index (κ3) is 3.35. The Hall–Kier alpha value is -1.03. The third-order valence-corrected chi connectivity index (χ3v) is 3.57. The molecular formula is C15H16Cl2FNO. The van der Waals surface area contributed by atoms with Gasteiger partial charge in [0.25, 0.3) is 0 Å². The first-order chi connectivity index (χ1) is 9.52. The molecule has 0 bridgehead atoms. The second-order valence-corrected chi connectivity index (χ2v) is 5.45. The molecule has 1 aromatic heterocycles. The first-order valence-electron chi connectivity index (χ1n) is 6.51. The van der Waals surface area contributed by atoms with Gasteiger partial charge in [0.15, 0.2) is 5.82 Å². The quantitative estimate of drug-likeness (QED) is 0.742. The lowest BCUT2D eigenvalue weighted by molar-refractivity contribution is 0.438. The molecule has 0 spiro atoms. The molecule has 1 aromatic carbocycles. The van der Waals surface area contributed by atoms with Crippen molar-refractivity contribution in [2.24, 2.45) is 0 Å². The van der Waals surface area contributed by atoms with Crippen molar-refractivity contribution in [1.82, 2.24) is 5.32 Å². The Labute approximate surface area is 127 Å². The Morgan fingerprint density at radius 3 is 2.50 bits per heavy atom. The molecule has 108 valence electrons. The van der Waals surface area contributed by atoms with E-state index >= 15 is 0 Å². The first kappa shape index (κ1) is 15.4. The highest BCUT2D eigenvalue weighted by Gasteiger charge is 2.14. The topological polar surface area (TPSA) is 25.2 Å². The maximum atomic E-state index is 13.4. The molecule has 1 atom stereocenters. The van der Waals surface area contributed by atoms with Crippen molar-refractivity contribution < 1.29 is 8.81 Å². The van der Waals surface area contributed by atoms with Gasteiger partial charge < -0.3 is 9.73 Å². The van der Waals surface area contributed by atoms with Gasteiger partial charge >= 0.3 is 0 Å². The minimum atomic E-state index is -0.609. The minimum absolute atomic E-state index is 0.0115. The van der Waals surface area contributed by atoms with Crippen LogP contribution < -0.4 is 5.32 Å². The van der Waals surface area contributed by atoms with E-state index < -0.39 is 5.82 Å². The van der Waals surface area contributed by atoms with Crippen LogP contribution in [0.5, 0.6) is 0 Å². The van der Waals surface area contributed by atoms with Gasteiger partial charge in [-0.05, 0) is 44.2 Å². The fourth-order valence-corrected chi connectivity index (χ4v) is 2.39. The molecule has 0 fully saturated rings. The maximum absolute atomic E-state index is 13.4. The summed E-state index contributed by atoms with van der Waals surface area (Å²) >= 11 is 11.6. The molecule has 0 saturated carbocycles.